The van der Waals surface area contributed by atoms with Crippen LogP contribution in [0, 0.1) is 5.92 Å². The maximum absolute atomic E-state index is 11.9. The van der Waals surface area contributed by atoms with Gasteiger partial charge in [-0.3, -0.25) is 4.79 Å². The number of hydrogen-bond donors (Lipinski definition) is 2. The van der Waals surface area contributed by atoms with E-state index in [0.29, 0.717) is 0 Å². The Kier molecular flexibility index (Phi) is 2.67. The second-order valence-corrected chi connectivity index (χ2v) is 3.85. The molecule has 0 bridgehead atoms. The molecular formula is C8H10F3NO3. The number of carbonyl (C=O) groups excluding carboxylic acids is 1. The molecule has 0 aliphatic heterocycles. The number of alkyl halides is 3. The van der Waals surface area contributed by atoms with Gasteiger partial charge in [0.15, 0.2) is 0 Å². The normalized spacial score (nSPS) is 30.5. The Bertz CT molecular complexity index is 294. The van der Waals surface area contributed by atoms with Gasteiger partial charge in [-0.05, 0) is 18.8 Å². The van der Waals surface area contributed by atoms with Crippen molar-refractivity contribution in [2.24, 2.45) is 5.92 Å². The lowest BCUT2D eigenvalue weighted by molar-refractivity contribution is -0.180. The largest absolute Gasteiger partial charge is 0.480 e. The second-order valence-electron chi connectivity index (χ2n) is 3.85. The average Bonchev–Trinajstić information content (AvgIpc) is 1.98. The van der Waals surface area contributed by atoms with E-state index in [2.05, 4.69) is 0 Å². The zero-order valence-corrected chi connectivity index (χ0v) is 7.89. The Labute approximate surface area is 83.5 Å². The highest BCUT2D eigenvalue weighted by atomic mass is 19.4. The molecule has 0 unspecified atom stereocenters. The lowest BCUT2D eigenvalue weighted by Crippen LogP contribution is -2.64. The summed E-state index contributed by atoms with van der Waals surface area (Å²) in [6.07, 6.45) is -4.98. The molecule has 4 nitrogen and oxygen atoms in total. The van der Waals surface area contributed by atoms with Gasteiger partial charge in [-0.1, -0.05) is 6.92 Å². The number of nitrogens with one attached hydrogen (secondary N) is 1. The maximum atomic E-state index is 11.9. The van der Waals surface area contributed by atoms with Crippen LogP contribution in [0.2, 0.25) is 0 Å². The van der Waals surface area contributed by atoms with Crippen molar-refractivity contribution < 1.29 is 27.9 Å². The van der Waals surface area contributed by atoms with Crippen LogP contribution in [0.4, 0.5) is 13.2 Å². The quantitative estimate of drug-likeness (QED) is 0.734. The molecule has 0 aromatic rings. The van der Waals surface area contributed by atoms with Gasteiger partial charge in [-0.15, -0.1) is 0 Å². The van der Waals surface area contributed by atoms with E-state index in [1.165, 1.54) is 5.32 Å². The molecule has 1 fully saturated rings. The summed E-state index contributed by atoms with van der Waals surface area (Å²) in [7, 11) is 0. The molecule has 7 heteroatoms. The Hall–Kier alpha value is -1.27. The lowest BCUT2D eigenvalue weighted by atomic mass is 9.69. The molecule has 0 saturated heterocycles. The van der Waals surface area contributed by atoms with Gasteiger partial charge >= 0.3 is 18.1 Å². The van der Waals surface area contributed by atoms with Gasteiger partial charge in [-0.2, -0.15) is 13.2 Å². The van der Waals surface area contributed by atoms with Gasteiger partial charge in [-0.25, -0.2) is 4.79 Å². The predicted molar refractivity (Wildman–Crippen MR) is 43.0 cm³/mol. The smallest absolute Gasteiger partial charge is 0.471 e. The average molecular weight is 225 g/mol. The molecule has 2 N–H and O–H groups in total. The van der Waals surface area contributed by atoms with Gasteiger partial charge in [0.05, 0.1) is 0 Å². The van der Waals surface area contributed by atoms with Gasteiger partial charge in [0.25, 0.3) is 0 Å². The number of aliphatic carboxylic acids is 1. The van der Waals surface area contributed by atoms with Gasteiger partial charge in [0, 0.05) is 0 Å². The lowest BCUT2D eigenvalue weighted by Gasteiger charge is -2.43. The minimum atomic E-state index is -5.04. The zero-order valence-electron chi connectivity index (χ0n) is 7.89. The van der Waals surface area contributed by atoms with Crippen molar-refractivity contribution >= 4 is 11.9 Å². The van der Waals surface area contributed by atoms with Crippen molar-refractivity contribution in [2.75, 3.05) is 0 Å². The molecule has 0 radical (unpaired) electrons. The van der Waals surface area contributed by atoms with Crippen LogP contribution < -0.4 is 5.32 Å². The summed E-state index contributed by atoms with van der Waals surface area (Å²) in [5.74, 6) is -3.61. The first-order valence-electron chi connectivity index (χ1n) is 4.30. The second kappa shape index (κ2) is 3.39. The third-order valence-electron chi connectivity index (χ3n) is 2.41. The minimum absolute atomic E-state index is 0.00892. The van der Waals surface area contributed by atoms with Gasteiger partial charge in [0.1, 0.15) is 5.54 Å². The highest BCUT2D eigenvalue weighted by Crippen LogP contribution is 2.38. The minimum Gasteiger partial charge on any atom is -0.480 e. The van der Waals surface area contributed by atoms with Crippen molar-refractivity contribution in [3.63, 3.8) is 0 Å². The summed E-state index contributed by atoms with van der Waals surface area (Å²) in [4.78, 5) is 21.3. The molecule has 0 aromatic heterocycles. The van der Waals surface area contributed by atoms with Gasteiger partial charge < -0.3 is 10.4 Å². The molecular weight excluding hydrogens is 215 g/mol. The van der Waals surface area contributed by atoms with E-state index >= 15 is 0 Å². The topological polar surface area (TPSA) is 66.4 Å². The van der Waals surface area contributed by atoms with Crippen molar-refractivity contribution in [3.8, 4) is 0 Å². The molecule has 1 aliphatic carbocycles. The van der Waals surface area contributed by atoms with E-state index in [9.17, 15) is 22.8 Å². The molecule has 1 aliphatic rings. The van der Waals surface area contributed by atoms with Crippen LogP contribution in [-0.4, -0.2) is 28.7 Å². The van der Waals surface area contributed by atoms with Crippen molar-refractivity contribution in [3.05, 3.63) is 0 Å². The van der Waals surface area contributed by atoms with Crippen LogP contribution in [0.25, 0.3) is 0 Å². The summed E-state index contributed by atoms with van der Waals surface area (Å²) in [5, 5.41) is 10.3. The standard InChI is InChI=1S/C8H10F3NO3/c1-4-2-7(3-4,6(14)15)12-5(13)8(9,10)11/h4H,2-3H2,1H3,(H,12,13)(H,14,15). The van der Waals surface area contributed by atoms with Crippen LogP contribution >= 0.6 is 0 Å². The number of carbonyl (C=O) groups is 2. The fraction of sp³-hybridized carbons (Fsp3) is 0.750. The Morgan fingerprint density at radius 3 is 2.13 bits per heavy atom. The predicted octanol–water partition coefficient (Wildman–Crippen LogP) is 0.918. The van der Waals surface area contributed by atoms with E-state index < -0.39 is 23.6 Å². The summed E-state index contributed by atoms with van der Waals surface area (Å²) in [6, 6.07) is 0. The Morgan fingerprint density at radius 1 is 1.40 bits per heavy atom. The summed E-state index contributed by atoms with van der Waals surface area (Å²) >= 11 is 0. The SMILES string of the molecule is CC1CC(NC(=O)C(F)(F)F)(C(=O)O)C1. The first-order valence-corrected chi connectivity index (χ1v) is 4.30. The van der Waals surface area contributed by atoms with E-state index in [1.807, 2.05) is 0 Å². The number of halogens is 3. The number of rotatable bonds is 2. The summed E-state index contributed by atoms with van der Waals surface area (Å²) in [5.41, 5.74) is -1.73. The highest BCUT2D eigenvalue weighted by molar-refractivity contribution is 5.90. The van der Waals surface area contributed by atoms with Crippen LogP contribution in [0.1, 0.15) is 19.8 Å². The summed E-state index contributed by atoms with van der Waals surface area (Å²) in [6.45, 7) is 1.71. The molecule has 0 atom stereocenters. The number of carboxylic acid groups (broad SMARTS) is 1. The van der Waals surface area contributed by atoms with Crippen LogP contribution in [0.15, 0.2) is 0 Å². The molecule has 1 saturated carbocycles. The third-order valence-corrected chi connectivity index (χ3v) is 2.41. The highest BCUT2D eigenvalue weighted by Gasteiger charge is 2.53. The van der Waals surface area contributed by atoms with Crippen molar-refractivity contribution in [1.82, 2.24) is 5.32 Å². The van der Waals surface area contributed by atoms with Crippen LogP contribution in [0.3, 0.4) is 0 Å². The van der Waals surface area contributed by atoms with E-state index in [-0.39, 0.29) is 18.8 Å². The Morgan fingerprint density at radius 2 is 1.87 bits per heavy atom. The molecule has 15 heavy (non-hydrogen) atoms. The molecule has 86 valence electrons. The zero-order chi connectivity index (χ0) is 11.9. The first kappa shape index (κ1) is 11.8. The molecule has 1 amide bonds. The van der Waals surface area contributed by atoms with E-state index in [0.717, 1.165) is 0 Å². The number of carboxylic acids is 1. The van der Waals surface area contributed by atoms with Gasteiger partial charge in [0.2, 0.25) is 0 Å². The third kappa shape index (κ3) is 2.21. The molecule has 0 spiro atoms. The maximum Gasteiger partial charge on any atom is 0.471 e. The van der Waals surface area contributed by atoms with E-state index in [4.69, 9.17) is 5.11 Å². The van der Waals surface area contributed by atoms with Crippen molar-refractivity contribution in [1.29, 1.82) is 0 Å². The molecule has 0 aromatic carbocycles. The molecule has 0 heterocycles. The van der Waals surface area contributed by atoms with Crippen LogP contribution in [-0.2, 0) is 9.59 Å². The number of amides is 1. The monoisotopic (exact) mass is 225 g/mol. The number of hydrogen-bond acceptors (Lipinski definition) is 2. The first-order chi connectivity index (χ1) is 6.67. The fourth-order valence-corrected chi connectivity index (χ4v) is 1.75. The Balaban J connectivity index is 2.70. The van der Waals surface area contributed by atoms with Crippen LogP contribution in [0.5, 0.6) is 0 Å². The molecule has 1 rings (SSSR count). The fourth-order valence-electron chi connectivity index (χ4n) is 1.75. The van der Waals surface area contributed by atoms with Crippen molar-refractivity contribution in [2.45, 2.75) is 31.5 Å². The van der Waals surface area contributed by atoms with E-state index in [1.54, 1.807) is 6.92 Å². The summed E-state index contributed by atoms with van der Waals surface area (Å²) < 4.78 is 35.7.